The maximum absolute atomic E-state index is 7.75. The van der Waals surface area contributed by atoms with Crippen molar-refractivity contribution >= 4 is 5.84 Å². The van der Waals surface area contributed by atoms with Crippen molar-refractivity contribution in [3.05, 3.63) is 22.9 Å². The monoisotopic (exact) mass is 289 g/mol. The van der Waals surface area contributed by atoms with E-state index >= 15 is 0 Å². The van der Waals surface area contributed by atoms with E-state index in [4.69, 9.17) is 20.6 Å². The second-order valence-electron chi connectivity index (χ2n) is 5.93. The van der Waals surface area contributed by atoms with Gasteiger partial charge in [0.2, 0.25) is 5.88 Å². The second kappa shape index (κ2) is 6.43. The van der Waals surface area contributed by atoms with Gasteiger partial charge in [0, 0.05) is 18.9 Å². The first kappa shape index (κ1) is 14.3. The van der Waals surface area contributed by atoms with E-state index in [2.05, 4.69) is 4.98 Å². The number of nitrogens with two attached hydrogens (primary N) is 1. The van der Waals surface area contributed by atoms with E-state index in [9.17, 15) is 0 Å². The smallest absolute Gasteiger partial charge is 0.224 e. The van der Waals surface area contributed by atoms with Gasteiger partial charge in [0.15, 0.2) is 0 Å². The van der Waals surface area contributed by atoms with Crippen molar-refractivity contribution in [2.45, 2.75) is 38.5 Å². The van der Waals surface area contributed by atoms with Gasteiger partial charge in [-0.25, -0.2) is 4.98 Å². The number of ether oxygens (including phenoxy) is 2. The molecule has 1 aromatic rings. The Bertz CT molecular complexity index is 524. The summed E-state index contributed by atoms with van der Waals surface area (Å²) < 4.78 is 11.3. The highest BCUT2D eigenvalue weighted by Crippen LogP contribution is 2.26. The number of rotatable bonds is 4. The molecule has 3 rings (SSSR count). The van der Waals surface area contributed by atoms with E-state index in [1.807, 2.05) is 6.07 Å². The Morgan fingerprint density at radius 1 is 1.33 bits per heavy atom. The third-order valence-electron chi connectivity index (χ3n) is 4.35. The lowest BCUT2D eigenvalue weighted by molar-refractivity contribution is 0.0489. The van der Waals surface area contributed by atoms with Gasteiger partial charge in [-0.1, -0.05) is 0 Å². The van der Waals surface area contributed by atoms with E-state index < -0.39 is 0 Å². The van der Waals surface area contributed by atoms with Crippen molar-refractivity contribution < 1.29 is 9.47 Å². The molecule has 2 aliphatic rings. The van der Waals surface area contributed by atoms with Crippen LogP contribution in [-0.4, -0.2) is 30.6 Å². The predicted octanol–water partition coefficient (Wildman–Crippen LogP) is 2.05. The minimum Gasteiger partial charge on any atom is -0.477 e. The number of hydrogen-bond acceptors (Lipinski definition) is 4. The third kappa shape index (κ3) is 3.35. The molecule has 2 heterocycles. The number of hydrogen-bond donors (Lipinski definition) is 2. The molecule has 1 aromatic heterocycles. The number of nitrogens with one attached hydrogen (secondary N) is 1. The molecule has 5 nitrogen and oxygen atoms in total. The number of fused-ring (bicyclic) bond motifs is 1. The molecule has 114 valence electrons. The van der Waals surface area contributed by atoms with Gasteiger partial charge < -0.3 is 15.2 Å². The van der Waals surface area contributed by atoms with Gasteiger partial charge in [0.1, 0.15) is 5.84 Å². The van der Waals surface area contributed by atoms with E-state index in [1.165, 1.54) is 18.4 Å². The van der Waals surface area contributed by atoms with Crippen molar-refractivity contribution in [2.75, 3.05) is 19.8 Å². The fourth-order valence-corrected chi connectivity index (χ4v) is 3.03. The van der Waals surface area contributed by atoms with Crippen molar-refractivity contribution in [3.63, 3.8) is 0 Å². The van der Waals surface area contributed by atoms with E-state index in [-0.39, 0.29) is 5.84 Å². The predicted molar refractivity (Wildman–Crippen MR) is 80.9 cm³/mol. The van der Waals surface area contributed by atoms with Crippen molar-refractivity contribution in [2.24, 2.45) is 11.7 Å². The van der Waals surface area contributed by atoms with Crippen LogP contribution in [0, 0.1) is 11.3 Å². The molecule has 0 atom stereocenters. The minimum atomic E-state index is 0.0397. The number of nitrogen functional groups attached to an aromatic ring is 1. The fraction of sp³-hybridized carbons (Fsp3) is 0.625. The van der Waals surface area contributed by atoms with Gasteiger partial charge in [0.25, 0.3) is 0 Å². The van der Waals surface area contributed by atoms with Gasteiger partial charge in [-0.15, -0.1) is 0 Å². The Balaban J connectivity index is 1.77. The maximum Gasteiger partial charge on any atom is 0.224 e. The van der Waals surface area contributed by atoms with E-state index in [0.717, 1.165) is 44.6 Å². The molecule has 0 radical (unpaired) electrons. The molecule has 0 aromatic carbocycles. The topological polar surface area (TPSA) is 81.2 Å². The zero-order valence-electron chi connectivity index (χ0n) is 12.4. The lowest BCUT2D eigenvalue weighted by Gasteiger charge is -2.23. The maximum atomic E-state index is 7.75. The summed E-state index contributed by atoms with van der Waals surface area (Å²) in [5.74, 6) is 1.09. The van der Waals surface area contributed by atoms with Gasteiger partial charge in [0.05, 0.1) is 12.2 Å². The second-order valence-corrected chi connectivity index (χ2v) is 5.93. The van der Waals surface area contributed by atoms with Gasteiger partial charge in [-0.05, 0) is 56.1 Å². The molecule has 5 heteroatoms. The number of aromatic nitrogens is 1. The summed E-state index contributed by atoms with van der Waals surface area (Å²) >= 11 is 0. The summed E-state index contributed by atoms with van der Waals surface area (Å²) in [5, 5.41) is 7.75. The summed E-state index contributed by atoms with van der Waals surface area (Å²) in [6.07, 6.45) is 6.46. The molecular formula is C16H23N3O2. The molecule has 0 spiro atoms. The highest BCUT2D eigenvalue weighted by Gasteiger charge is 2.20. The molecule has 1 saturated heterocycles. The number of nitrogens with zero attached hydrogens (tertiary/aromatic N) is 1. The summed E-state index contributed by atoms with van der Waals surface area (Å²) in [5.41, 5.74) is 8.69. The first-order valence-electron chi connectivity index (χ1n) is 7.82. The molecule has 0 unspecified atom stereocenters. The van der Waals surface area contributed by atoms with Crippen LogP contribution in [0.5, 0.6) is 5.88 Å². The van der Waals surface area contributed by atoms with Gasteiger partial charge in [-0.2, -0.15) is 0 Å². The first-order valence-corrected chi connectivity index (χ1v) is 7.82. The largest absolute Gasteiger partial charge is 0.477 e. The molecule has 0 saturated carbocycles. The highest BCUT2D eigenvalue weighted by molar-refractivity contribution is 5.97. The van der Waals surface area contributed by atoms with Crippen LogP contribution in [-0.2, 0) is 17.6 Å². The quantitative estimate of drug-likeness (QED) is 0.656. The normalized spacial score (nSPS) is 19.0. The average molecular weight is 289 g/mol. The first-order chi connectivity index (χ1) is 10.2. The van der Waals surface area contributed by atoms with Crippen LogP contribution in [0.15, 0.2) is 6.07 Å². The zero-order valence-corrected chi connectivity index (χ0v) is 12.4. The highest BCUT2D eigenvalue weighted by atomic mass is 16.5. The van der Waals surface area contributed by atoms with Gasteiger partial charge >= 0.3 is 0 Å². The van der Waals surface area contributed by atoms with Crippen LogP contribution in [0.4, 0.5) is 0 Å². The van der Waals surface area contributed by atoms with Crippen LogP contribution >= 0.6 is 0 Å². The molecule has 1 aliphatic heterocycles. The van der Waals surface area contributed by atoms with Crippen molar-refractivity contribution in [1.29, 1.82) is 5.41 Å². The molecule has 0 amide bonds. The lowest BCUT2D eigenvalue weighted by atomic mass is 9.94. The summed E-state index contributed by atoms with van der Waals surface area (Å²) in [6.45, 7) is 2.26. The van der Waals surface area contributed by atoms with E-state index in [1.54, 1.807) is 0 Å². The van der Waals surface area contributed by atoms with Crippen molar-refractivity contribution in [1.82, 2.24) is 4.98 Å². The SMILES string of the molecule is N=C(N)c1cc2c(nc1OCC1CCOCC1)CCCC2. The number of amidine groups is 1. The van der Waals surface area contributed by atoms with Crippen LogP contribution in [0.2, 0.25) is 0 Å². The van der Waals surface area contributed by atoms with Crippen LogP contribution < -0.4 is 10.5 Å². The summed E-state index contributed by atoms with van der Waals surface area (Å²) in [4.78, 5) is 4.64. The Morgan fingerprint density at radius 2 is 2.10 bits per heavy atom. The standard InChI is InChI=1S/C16H23N3O2/c17-15(18)13-9-12-3-1-2-4-14(12)19-16(13)21-10-11-5-7-20-8-6-11/h9,11H,1-8,10H2,(H3,17,18). The molecule has 1 fully saturated rings. The van der Waals surface area contributed by atoms with Crippen LogP contribution in [0.3, 0.4) is 0 Å². The molecular weight excluding hydrogens is 266 g/mol. The van der Waals surface area contributed by atoms with Crippen LogP contribution in [0.25, 0.3) is 0 Å². The Labute approximate surface area is 125 Å². The Hall–Kier alpha value is -1.62. The average Bonchev–Trinajstić information content (AvgIpc) is 2.53. The Morgan fingerprint density at radius 3 is 2.86 bits per heavy atom. The molecule has 21 heavy (non-hydrogen) atoms. The molecule has 1 aliphatic carbocycles. The molecule has 3 N–H and O–H groups in total. The summed E-state index contributed by atoms with van der Waals surface area (Å²) in [6, 6.07) is 2.00. The third-order valence-corrected chi connectivity index (χ3v) is 4.35. The molecule has 0 bridgehead atoms. The minimum absolute atomic E-state index is 0.0397. The lowest BCUT2D eigenvalue weighted by Crippen LogP contribution is -2.23. The van der Waals surface area contributed by atoms with Gasteiger partial charge in [-0.3, -0.25) is 5.41 Å². The zero-order chi connectivity index (χ0) is 14.7. The summed E-state index contributed by atoms with van der Waals surface area (Å²) in [7, 11) is 0. The van der Waals surface area contributed by atoms with Crippen LogP contribution in [0.1, 0.15) is 42.5 Å². The van der Waals surface area contributed by atoms with E-state index in [0.29, 0.717) is 24.0 Å². The fourth-order valence-electron chi connectivity index (χ4n) is 3.03. The van der Waals surface area contributed by atoms with Crippen molar-refractivity contribution in [3.8, 4) is 5.88 Å². The number of pyridine rings is 1. The Kier molecular flexibility index (Phi) is 4.39. The number of aryl methyl sites for hydroxylation is 2.